The van der Waals surface area contributed by atoms with Crippen molar-refractivity contribution >= 4 is 31.5 Å². The van der Waals surface area contributed by atoms with Crippen LogP contribution in [0.2, 0.25) is 0 Å². The fraction of sp³-hybridized carbons (Fsp3) is 0. The minimum Gasteiger partial charge on any atom is -0.228 e. The third kappa shape index (κ3) is 6.24. The van der Waals surface area contributed by atoms with Gasteiger partial charge in [-0.1, -0.05) is 170 Å². The smallest absolute Gasteiger partial charge is 0.164 e. The Morgan fingerprint density at radius 3 is 1.35 bits per heavy atom. The maximum atomic E-state index is 5.18. The van der Waals surface area contributed by atoms with Gasteiger partial charge < -0.3 is 0 Å². The summed E-state index contributed by atoms with van der Waals surface area (Å²) in [5.41, 5.74) is 9.95. The first kappa shape index (κ1) is 32.5. The van der Waals surface area contributed by atoms with Crippen molar-refractivity contribution in [2.24, 2.45) is 0 Å². The molecular formula is C49H31N5S. The molecule has 0 fully saturated rings. The Balaban J connectivity index is 1.15. The van der Waals surface area contributed by atoms with Crippen LogP contribution in [0.1, 0.15) is 0 Å². The summed E-state index contributed by atoms with van der Waals surface area (Å²) < 4.78 is 2.25. The molecule has 0 saturated heterocycles. The molecular weight excluding hydrogens is 691 g/mol. The third-order valence-electron chi connectivity index (χ3n) is 9.79. The molecule has 0 amide bonds. The van der Waals surface area contributed by atoms with Crippen LogP contribution >= 0.6 is 11.3 Å². The Morgan fingerprint density at radius 2 is 0.745 bits per heavy atom. The van der Waals surface area contributed by atoms with E-state index in [2.05, 4.69) is 115 Å². The molecule has 0 unspecified atom stereocenters. The lowest BCUT2D eigenvalue weighted by Crippen LogP contribution is -2.00. The number of nitrogens with zero attached hydrogens (tertiary/aromatic N) is 5. The van der Waals surface area contributed by atoms with Crippen LogP contribution in [0.4, 0.5) is 0 Å². The van der Waals surface area contributed by atoms with E-state index >= 15 is 0 Å². The Kier molecular flexibility index (Phi) is 8.28. The highest BCUT2D eigenvalue weighted by Gasteiger charge is 2.20. The quantitative estimate of drug-likeness (QED) is 0.164. The van der Waals surface area contributed by atoms with Gasteiger partial charge in [0, 0.05) is 53.6 Å². The second kappa shape index (κ2) is 14.0. The minimum atomic E-state index is 0.625. The largest absolute Gasteiger partial charge is 0.228 e. The average molecular weight is 722 g/mol. The van der Waals surface area contributed by atoms with Crippen molar-refractivity contribution in [1.82, 2.24) is 24.9 Å². The molecule has 0 aliphatic carbocycles. The van der Waals surface area contributed by atoms with E-state index in [0.717, 1.165) is 70.5 Å². The topological polar surface area (TPSA) is 64.5 Å². The molecule has 3 aromatic heterocycles. The molecule has 258 valence electrons. The Bertz CT molecular complexity index is 2890. The van der Waals surface area contributed by atoms with Crippen LogP contribution in [-0.4, -0.2) is 24.9 Å². The van der Waals surface area contributed by atoms with E-state index in [1.54, 1.807) is 11.3 Å². The highest BCUT2D eigenvalue weighted by Crippen LogP contribution is 2.43. The summed E-state index contributed by atoms with van der Waals surface area (Å²) in [6, 6.07) is 64.4. The summed E-state index contributed by atoms with van der Waals surface area (Å²) >= 11 is 1.74. The van der Waals surface area contributed by atoms with Crippen LogP contribution in [0.15, 0.2) is 188 Å². The highest BCUT2D eigenvalue weighted by atomic mass is 32.1. The van der Waals surface area contributed by atoms with Gasteiger partial charge in [-0.2, -0.15) is 0 Å². The summed E-state index contributed by atoms with van der Waals surface area (Å²) in [6.45, 7) is 0. The van der Waals surface area contributed by atoms with Crippen molar-refractivity contribution in [3.8, 4) is 79.2 Å². The lowest BCUT2D eigenvalue weighted by molar-refractivity contribution is 1.08. The molecule has 0 aliphatic heterocycles. The average Bonchev–Trinajstić information content (AvgIpc) is 3.67. The van der Waals surface area contributed by atoms with Crippen LogP contribution in [0.5, 0.6) is 0 Å². The van der Waals surface area contributed by atoms with Crippen molar-refractivity contribution < 1.29 is 0 Å². The van der Waals surface area contributed by atoms with Crippen LogP contribution in [-0.2, 0) is 0 Å². The Labute approximate surface area is 322 Å². The van der Waals surface area contributed by atoms with Gasteiger partial charge in [0.15, 0.2) is 23.3 Å². The molecule has 6 heteroatoms. The van der Waals surface area contributed by atoms with E-state index < -0.39 is 0 Å². The van der Waals surface area contributed by atoms with Crippen molar-refractivity contribution in [1.29, 1.82) is 0 Å². The predicted molar refractivity (Wildman–Crippen MR) is 226 cm³/mol. The number of fused-ring (bicyclic) bond motifs is 3. The maximum absolute atomic E-state index is 5.18. The minimum absolute atomic E-state index is 0.625. The van der Waals surface area contributed by atoms with Crippen molar-refractivity contribution in [2.75, 3.05) is 0 Å². The molecule has 0 saturated carbocycles. The monoisotopic (exact) mass is 721 g/mol. The first-order valence-electron chi connectivity index (χ1n) is 18.2. The summed E-state index contributed by atoms with van der Waals surface area (Å²) in [5.74, 6) is 2.57. The molecule has 0 aliphatic rings. The fourth-order valence-electron chi connectivity index (χ4n) is 7.08. The summed E-state index contributed by atoms with van der Waals surface area (Å²) in [7, 11) is 0. The second-order valence-corrected chi connectivity index (χ2v) is 14.3. The zero-order chi connectivity index (χ0) is 36.6. The number of rotatable bonds is 7. The number of hydrogen-bond donors (Lipinski definition) is 0. The van der Waals surface area contributed by atoms with Gasteiger partial charge in [-0.3, -0.25) is 0 Å². The van der Waals surface area contributed by atoms with Gasteiger partial charge >= 0.3 is 0 Å². The molecule has 5 nitrogen and oxygen atoms in total. The summed E-state index contributed by atoms with van der Waals surface area (Å²) in [4.78, 5) is 25.7. The van der Waals surface area contributed by atoms with Gasteiger partial charge in [0.25, 0.3) is 0 Å². The number of thiophene rings is 1. The van der Waals surface area contributed by atoms with E-state index in [9.17, 15) is 0 Å². The van der Waals surface area contributed by atoms with Crippen LogP contribution in [0, 0.1) is 0 Å². The van der Waals surface area contributed by atoms with Gasteiger partial charge in [-0.05, 0) is 29.3 Å². The van der Waals surface area contributed by atoms with Gasteiger partial charge in [-0.15, -0.1) is 11.3 Å². The van der Waals surface area contributed by atoms with Crippen LogP contribution in [0.25, 0.3) is 99.4 Å². The molecule has 3 heterocycles. The molecule has 0 bridgehead atoms. The Hall–Kier alpha value is -7.15. The molecule has 10 aromatic rings. The highest BCUT2D eigenvalue weighted by molar-refractivity contribution is 7.26. The summed E-state index contributed by atoms with van der Waals surface area (Å²) in [5, 5.41) is 2.21. The number of aromatic nitrogens is 5. The molecule has 0 spiro atoms. The molecule has 0 radical (unpaired) electrons. The zero-order valence-electron chi connectivity index (χ0n) is 29.5. The predicted octanol–water partition coefficient (Wildman–Crippen LogP) is 12.7. The van der Waals surface area contributed by atoms with Gasteiger partial charge in [0.05, 0.1) is 11.4 Å². The van der Waals surface area contributed by atoms with Crippen molar-refractivity contribution in [2.45, 2.75) is 0 Å². The lowest BCUT2D eigenvalue weighted by Gasteiger charge is -2.11. The van der Waals surface area contributed by atoms with E-state index in [-0.39, 0.29) is 0 Å². The zero-order valence-corrected chi connectivity index (χ0v) is 30.4. The first-order chi connectivity index (χ1) is 27.2. The fourth-order valence-corrected chi connectivity index (χ4v) is 8.31. The standard InChI is InChI=1S/C49H31N5S/c1-5-15-32(16-6-1)33-27-29-37(30-28-33)47-52-46(36-21-11-4-12-22-36)53-48(54-47)39-24-14-26-43-44(39)38-23-13-25-40(45(38)55-43)49-50-41(34-17-7-2-8-18-34)31-42(51-49)35-19-9-3-10-20-35/h1-31H. The second-order valence-electron chi connectivity index (χ2n) is 13.3. The van der Waals surface area contributed by atoms with Crippen molar-refractivity contribution in [3.63, 3.8) is 0 Å². The van der Waals surface area contributed by atoms with Crippen molar-refractivity contribution in [3.05, 3.63) is 188 Å². The molecule has 55 heavy (non-hydrogen) atoms. The van der Waals surface area contributed by atoms with E-state index in [4.69, 9.17) is 24.9 Å². The van der Waals surface area contributed by atoms with E-state index in [1.165, 1.54) is 5.56 Å². The summed E-state index contributed by atoms with van der Waals surface area (Å²) in [6.07, 6.45) is 0. The van der Waals surface area contributed by atoms with Gasteiger partial charge in [-0.25, -0.2) is 24.9 Å². The van der Waals surface area contributed by atoms with Gasteiger partial charge in [0.2, 0.25) is 0 Å². The first-order valence-corrected chi connectivity index (χ1v) is 19.0. The molecule has 0 N–H and O–H groups in total. The SMILES string of the molecule is c1ccc(-c2ccc(-c3nc(-c4ccccc4)nc(-c4cccc5sc6c(-c7nc(-c8ccccc8)cc(-c8ccccc8)n7)cccc6c45)n3)cc2)cc1. The van der Waals surface area contributed by atoms with Crippen LogP contribution < -0.4 is 0 Å². The van der Waals surface area contributed by atoms with E-state index in [0.29, 0.717) is 23.3 Å². The van der Waals surface area contributed by atoms with E-state index in [1.807, 2.05) is 72.8 Å². The molecule has 7 aromatic carbocycles. The Morgan fingerprint density at radius 1 is 0.309 bits per heavy atom. The third-order valence-corrected chi connectivity index (χ3v) is 11.0. The van der Waals surface area contributed by atoms with Crippen LogP contribution in [0.3, 0.4) is 0 Å². The lowest BCUT2D eigenvalue weighted by atomic mass is 10.0. The molecule has 10 rings (SSSR count). The number of hydrogen-bond acceptors (Lipinski definition) is 6. The molecule has 0 atom stereocenters. The van der Waals surface area contributed by atoms with Gasteiger partial charge in [0.1, 0.15) is 0 Å². The number of benzene rings is 7. The maximum Gasteiger partial charge on any atom is 0.164 e. The normalized spacial score (nSPS) is 11.3.